The van der Waals surface area contributed by atoms with Gasteiger partial charge in [-0.3, -0.25) is 4.99 Å². The molecule has 0 amide bonds. The van der Waals surface area contributed by atoms with E-state index in [0.717, 1.165) is 38.1 Å². The second kappa shape index (κ2) is 5.25. The van der Waals surface area contributed by atoms with Crippen molar-refractivity contribution >= 4 is 11.5 Å². The van der Waals surface area contributed by atoms with Crippen LogP contribution in [0.2, 0.25) is 0 Å². The van der Waals surface area contributed by atoms with Gasteiger partial charge in [-0.15, -0.1) is 0 Å². The van der Waals surface area contributed by atoms with E-state index in [-0.39, 0.29) is 5.69 Å². The van der Waals surface area contributed by atoms with E-state index in [1.807, 2.05) is 0 Å². The first-order valence-electron chi connectivity index (χ1n) is 5.93. The summed E-state index contributed by atoms with van der Waals surface area (Å²) >= 11 is 0. The van der Waals surface area contributed by atoms with Gasteiger partial charge in [0.1, 0.15) is 17.5 Å². The summed E-state index contributed by atoms with van der Waals surface area (Å²) in [7, 11) is 0. The maximum Gasteiger partial charge on any atom is 0.147 e. The van der Waals surface area contributed by atoms with Crippen molar-refractivity contribution in [1.82, 2.24) is 0 Å². The van der Waals surface area contributed by atoms with Crippen molar-refractivity contribution in [3.8, 4) is 0 Å². The van der Waals surface area contributed by atoms with Crippen molar-refractivity contribution in [1.29, 1.82) is 0 Å². The fourth-order valence-electron chi connectivity index (χ4n) is 1.87. The van der Waals surface area contributed by atoms with Crippen molar-refractivity contribution in [2.75, 3.05) is 11.9 Å². The van der Waals surface area contributed by atoms with Crippen LogP contribution in [-0.4, -0.2) is 12.4 Å². The van der Waals surface area contributed by atoms with Gasteiger partial charge >= 0.3 is 0 Å². The van der Waals surface area contributed by atoms with Gasteiger partial charge in [-0.25, -0.2) is 8.78 Å². The third-order valence-corrected chi connectivity index (χ3v) is 2.90. The zero-order valence-electron chi connectivity index (χ0n) is 9.89. The van der Waals surface area contributed by atoms with Crippen molar-refractivity contribution < 1.29 is 8.78 Å². The second-order valence-electron chi connectivity index (χ2n) is 4.35. The molecule has 1 aliphatic rings. The Bertz CT molecular complexity index is 441. The fourth-order valence-corrected chi connectivity index (χ4v) is 1.87. The number of aryl methyl sites for hydroxylation is 1. The summed E-state index contributed by atoms with van der Waals surface area (Å²) in [6.07, 6.45) is 4.05. The summed E-state index contributed by atoms with van der Waals surface area (Å²) in [4.78, 5) is 4.33. The number of halogens is 2. The number of rotatable bonds is 1. The normalized spacial score (nSPS) is 16.3. The van der Waals surface area contributed by atoms with Gasteiger partial charge in [0.2, 0.25) is 0 Å². The second-order valence-corrected chi connectivity index (χ2v) is 4.35. The molecular formula is C13H16F2N2. The summed E-state index contributed by atoms with van der Waals surface area (Å²) in [6.45, 7) is 2.31. The summed E-state index contributed by atoms with van der Waals surface area (Å²) in [5, 5.41) is 2.89. The molecule has 0 aliphatic carbocycles. The van der Waals surface area contributed by atoms with Gasteiger partial charge in [0, 0.05) is 19.0 Å². The Morgan fingerprint density at radius 3 is 2.76 bits per heavy atom. The highest BCUT2D eigenvalue weighted by Crippen LogP contribution is 2.20. The van der Waals surface area contributed by atoms with Crippen LogP contribution in [-0.2, 0) is 0 Å². The molecule has 0 spiro atoms. The van der Waals surface area contributed by atoms with Crippen molar-refractivity contribution in [3.63, 3.8) is 0 Å². The third-order valence-electron chi connectivity index (χ3n) is 2.90. The molecule has 0 unspecified atom stereocenters. The van der Waals surface area contributed by atoms with Crippen molar-refractivity contribution in [2.45, 2.75) is 32.6 Å². The summed E-state index contributed by atoms with van der Waals surface area (Å²) in [5.41, 5.74) is 0.490. The number of nitrogens with one attached hydrogen (secondary N) is 1. The number of hydrogen-bond donors (Lipinski definition) is 1. The van der Waals surface area contributed by atoms with E-state index in [9.17, 15) is 8.78 Å². The minimum atomic E-state index is -0.434. The minimum absolute atomic E-state index is 0.175. The molecule has 1 heterocycles. The van der Waals surface area contributed by atoms with E-state index >= 15 is 0 Å². The van der Waals surface area contributed by atoms with Crippen LogP contribution in [0.1, 0.15) is 31.2 Å². The molecule has 1 aromatic carbocycles. The van der Waals surface area contributed by atoms with E-state index < -0.39 is 11.6 Å². The van der Waals surface area contributed by atoms with Gasteiger partial charge in [-0.1, -0.05) is 6.42 Å². The average Bonchev–Trinajstić information content (AvgIpc) is 2.54. The standard InChI is InChI=1S/C13H16F2N2/c1-9-7-11(15)12(8-10(9)14)17-13-5-3-2-4-6-16-13/h7-8H,2-6H2,1H3,(H,16,17). The molecule has 0 atom stereocenters. The van der Waals surface area contributed by atoms with E-state index in [1.54, 1.807) is 6.92 Å². The molecule has 0 saturated heterocycles. The molecule has 1 N–H and O–H groups in total. The predicted octanol–water partition coefficient (Wildman–Crippen LogP) is 3.66. The summed E-state index contributed by atoms with van der Waals surface area (Å²) in [6, 6.07) is 2.40. The van der Waals surface area contributed by atoms with Crippen LogP contribution in [0.15, 0.2) is 17.1 Å². The number of amidine groups is 1. The van der Waals surface area contributed by atoms with Crippen LogP contribution in [0.25, 0.3) is 0 Å². The van der Waals surface area contributed by atoms with E-state index in [2.05, 4.69) is 10.3 Å². The highest BCUT2D eigenvalue weighted by atomic mass is 19.1. The smallest absolute Gasteiger partial charge is 0.147 e. The van der Waals surface area contributed by atoms with Crippen LogP contribution in [0.3, 0.4) is 0 Å². The molecule has 0 radical (unpaired) electrons. The van der Waals surface area contributed by atoms with Gasteiger partial charge in [0.15, 0.2) is 0 Å². The Hall–Kier alpha value is -1.45. The number of nitrogens with zero attached hydrogens (tertiary/aromatic N) is 1. The molecule has 2 rings (SSSR count). The monoisotopic (exact) mass is 238 g/mol. The quantitative estimate of drug-likeness (QED) is 0.793. The topological polar surface area (TPSA) is 24.4 Å². The number of hydrogen-bond acceptors (Lipinski definition) is 2. The van der Waals surface area contributed by atoms with Gasteiger partial charge in [-0.2, -0.15) is 0 Å². The zero-order chi connectivity index (χ0) is 12.3. The molecule has 1 aliphatic heterocycles. The Morgan fingerprint density at radius 2 is 1.94 bits per heavy atom. The summed E-state index contributed by atoms with van der Waals surface area (Å²) < 4.78 is 26.9. The van der Waals surface area contributed by atoms with E-state index in [4.69, 9.17) is 0 Å². The highest BCUT2D eigenvalue weighted by molar-refractivity contribution is 5.95. The number of aliphatic imine (C=N–C) groups is 1. The third kappa shape index (κ3) is 3.02. The number of anilines is 1. The fraction of sp³-hybridized carbons (Fsp3) is 0.462. The lowest BCUT2D eigenvalue weighted by Crippen LogP contribution is -2.13. The molecule has 4 heteroatoms. The predicted molar refractivity (Wildman–Crippen MR) is 65.5 cm³/mol. The highest BCUT2D eigenvalue weighted by Gasteiger charge is 2.10. The van der Waals surface area contributed by atoms with Crippen LogP contribution < -0.4 is 5.32 Å². The Balaban J connectivity index is 2.17. The molecule has 0 fully saturated rings. The van der Waals surface area contributed by atoms with Crippen LogP contribution in [0.5, 0.6) is 0 Å². The Labute approximate surface area is 99.8 Å². The lowest BCUT2D eigenvalue weighted by molar-refractivity contribution is 0.596. The molecule has 0 aromatic heterocycles. The first-order valence-corrected chi connectivity index (χ1v) is 5.93. The molecule has 17 heavy (non-hydrogen) atoms. The first-order chi connectivity index (χ1) is 8.16. The van der Waals surface area contributed by atoms with E-state index in [0.29, 0.717) is 5.56 Å². The SMILES string of the molecule is Cc1cc(F)c(NC2=NCCCCC2)cc1F. The van der Waals surface area contributed by atoms with Gasteiger partial charge < -0.3 is 5.32 Å². The molecule has 0 saturated carbocycles. The molecular weight excluding hydrogens is 222 g/mol. The van der Waals surface area contributed by atoms with Crippen LogP contribution in [0, 0.1) is 18.6 Å². The van der Waals surface area contributed by atoms with Gasteiger partial charge in [0.25, 0.3) is 0 Å². The lowest BCUT2D eigenvalue weighted by atomic mass is 10.2. The maximum absolute atomic E-state index is 13.6. The average molecular weight is 238 g/mol. The van der Waals surface area contributed by atoms with Gasteiger partial charge in [-0.05, 0) is 31.4 Å². The van der Waals surface area contributed by atoms with Crippen molar-refractivity contribution in [3.05, 3.63) is 29.3 Å². The minimum Gasteiger partial charge on any atom is -0.342 e. The first kappa shape index (κ1) is 12.0. The van der Waals surface area contributed by atoms with Crippen LogP contribution >= 0.6 is 0 Å². The zero-order valence-corrected chi connectivity index (χ0v) is 9.89. The molecule has 92 valence electrons. The lowest BCUT2D eigenvalue weighted by Gasteiger charge is -2.10. The Morgan fingerprint density at radius 1 is 1.12 bits per heavy atom. The summed E-state index contributed by atoms with van der Waals surface area (Å²) in [5.74, 6) is -0.0800. The maximum atomic E-state index is 13.6. The van der Waals surface area contributed by atoms with Gasteiger partial charge in [0.05, 0.1) is 5.69 Å². The van der Waals surface area contributed by atoms with Crippen LogP contribution in [0.4, 0.5) is 14.5 Å². The molecule has 2 nitrogen and oxygen atoms in total. The largest absolute Gasteiger partial charge is 0.342 e. The van der Waals surface area contributed by atoms with E-state index in [1.165, 1.54) is 12.1 Å². The van der Waals surface area contributed by atoms with Crippen molar-refractivity contribution in [2.24, 2.45) is 4.99 Å². The molecule has 0 bridgehead atoms. The number of benzene rings is 1. The Kier molecular flexibility index (Phi) is 3.71. The molecule has 1 aromatic rings.